The fourth-order valence-corrected chi connectivity index (χ4v) is 2.07. The predicted octanol–water partition coefficient (Wildman–Crippen LogP) is 2.05. The van der Waals surface area contributed by atoms with Gasteiger partial charge < -0.3 is 19.9 Å². The third kappa shape index (κ3) is 5.43. The lowest BCUT2D eigenvalue weighted by atomic mass is 10.2. The van der Waals surface area contributed by atoms with Crippen LogP contribution in [0.25, 0.3) is 0 Å². The molecule has 1 atom stereocenters. The second kappa shape index (κ2) is 7.64. The van der Waals surface area contributed by atoms with Crippen LogP contribution in [0, 0.1) is 0 Å². The first kappa shape index (κ1) is 15.3. The highest BCUT2D eigenvalue weighted by Gasteiger charge is 2.16. The van der Waals surface area contributed by atoms with Crippen LogP contribution >= 0.6 is 0 Å². The van der Waals surface area contributed by atoms with Crippen LogP contribution in [0.2, 0.25) is 0 Å². The monoisotopic (exact) mass is 293 g/mol. The largest absolute Gasteiger partial charge is 0.491 e. The molecule has 0 aromatic heterocycles. The topological polar surface area (TPSA) is 84.9 Å². The van der Waals surface area contributed by atoms with E-state index in [1.165, 1.54) is 0 Å². The zero-order valence-corrected chi connectivity index (χ0v) is 11.7. The highest BCUT2D eigenvalue weighted by Crippen LogP contribution is 2.19. The van der Waals surface area contributed by atoms with Crippen molar-refractivity contribution in [3.8, 4) is 5.75 Å². The van der Waals surface area contributed by atoms with Gasteiger partial charge in [-0.1, -0.05) is 6.07 Å². The molecule has 21 heavy (non-hydrogen) atoms. The Morgan fingerprint density at radius 3 is 2.95 bits per heavy atom. The first-order valence-corrected chi connectivity index (χ1v) is 6.99. The number of ether oxygens (including phenoxy) is 2. The maximum atomic E-state index is 11.6. The van der Waals surface area contributed by atoms with Gasteiger partial charge in [-0.3, -0.25) is 9.59 Å². The fourth-order valence-electron chi connectivity index (χ4n) is 2.07. The van der Waals surface area contributed by atoms with E-state index in [9.17, 15) is 9.59 Å². The Morgan fingerprint density at radius 2 is 2.24 bits per heavy atom. The standard InChI is InChI=1S/C15H19NO5/c17-14(6-7-15(18)19)16-11-3-1-4-12(9-11)21-10-13-5-2-8-20-13/h1,3-4,9,13H,2,5-8,10H2,(H,16,17)(H,18,19)/t13-/m0/s1. The second-order valence-electron chi connectivity index (χ2n) is 4.92. The summed E-state index contributed by atoms with van der Waals surface area (Å²) in [6.07, 6.45) is 1.98. The van der Waals surface area contributed by atoms with Crippen LogP contribution in [0.15, 0.2) is 24.3 Å². The van der Waals surface area contributed by atoms with Crippen LogP contribution in [0.4, 0.5) is 5.69 Å². The second-order valence-corrected chi connectivity index (χ2v) is 4.92. The smallest absolute Gasteiger partial charge is 0.303 e. The SMILES string of the molecule is O=C(O)CCC(=O)Nc1cccc(OC[C@@H]2CCCO2)c1. The van der Waals surface area contributed by atoms with Gasteiger partial charge in [-0.05, 0) is 25.0 Å². The number of carbonyl (C=O) groups is 2. The molecule has 1 fully saturated rings. The van der Waals surface area contributed by atoms with Crippen LogP contribution in [0.3, 0.4) is 0 Å². The minimum Gasteiger partial charge on any atom is -0.491 e. The van der Waals surface area contributed by atoms with Crippen molar-refractivity contribution in [2.45, 2.75) is 31.8 Å². The lowest BCUT2D eigenvalue weighted by molar-refractivity contribution is -0.138. The van der Waals surface area contributed by atoms with Gasteiger partial charge >= 0.3 is 5.97 Å². The first-order valence-electron chi connectivity index (χ1n) is 6.99. The van der Waals surface area contributed by atoms with Crippen molar-refractivity contribution in [2.24, 2.45) is 0 Å². The molecule has 6 nitrogen and oxygen atoms in total. The van der Waals surface area contributed by atoms with Crippen LogP contribution in [0.1, 0.15) is 25.7 Å². The Morgan fingerprint density at radius 1 is 1.38 bits per heavy atom. The summed E-state index contributed by atoms with van der Waals surface area (Å²) in [6.45, 7) is 1.28. The van der Waals surface area contributed by atoms with E-state index >= 15 is 0 Å². The number of nitrogens with one attached hydrogen (secondary N) is 1. The van der Waals surface area contributed by atoms with Crippen LogP contribution in [-0.4, -0.2) is 36.3 Å². The molecule has 2 N–H and O–H groups in total. The zero-order chi connectivity index (χ0) is 15.1. The summed E-state index contributed by atoms with van der Waals surface area (Å²) >= 11 is 0. The highest BCUT2D eigenvalue weighted by atomic mass is 16.5. The van der Waals surface area contributed by atoms with E-state index in [4.69, 9.17) is 14.6 Å². The van der Waals surface area contributed by atoms with Crippen LogP contribution in [-0.2, 0) is 14.3 Å². The number of benzene rings is 1. The molecule has 1 heterocycles. The Balaban J connectivity index is 1.82. The predicted molar refractivity (Wildman–Crippen MR) is 76.4 cm³/mol. The molecule has 1 saturated heterocycles. The lowest BCUT2D eigenvalue weighted by Crippen LogP contribution is -2.16. The van der Waals surface area contributed by atoms with Crippen molar-refractivity contribution in [3.63, 3.8) is 0 Å². The number of rotatable bonds is 7. The van der Waals surface area contributed by atoms with Gasteiger partial charge in [-0.15, -0.1) is 0 Å². The van der Waals surface area contributed by atoms with E-state index in [0.717, 1.165) is 19.4 Å². The van der Waals surface area contributed by atoms with E-state index in [2.05, 4.69) is 5.32 Å². The molecule has 1 aromatic rings. The van der Waals surface area contributed by atoms with Gasteiger partial charge in [0, 0.05) is 24.8 Å². The summed E-state index contributed by atoms with van der Waals surface area (Å²) in [5, 5.41) is 11.2. The quantitative estimate of drug-likeness (QED) is 0.803. The zero-order valence-electron chi connectivity index (χ0n) is 11.7. The maximum Gasteiger partial charge on any atom is 0.303 e. The van der Waals surface area contributed by atoms with Gasteiger partial charge in [0.1, 0.15) is 12.4 Å². The van der Waals surface area contributed by atoms with Gasteiger partial charge in [-0.25, -0.2) is 0 Å². The van der Waals surface area contributed by atoms with Gasteiger partial charge in [-0.2, -0.15) is 0 Å². The minimum absolute atomic E-state index is 0.0453. The Kier molecular flexibility index (Phi) is 5.57. The van der Waals surface area contributed by atoms with Crippen molar-refractivity contribution in [2.75, 3.05) is 18.5 Å². The number of hydrogen-bond acceptors (Lipinski definition) is 4. The van der Waals surface area contributed by atoms with Crippen LogP contribution < -0.4 is 10.1 Å². The van der Waals surface area contributed by atoms with E-state index in [-0.39, 0.29) is 24.9 Å². The van der Waals surface area contributed by atoms with E-state index < -0.39 is 5.97 Å². The summed E-state index contributed by atoms with van der Waals surface area (Å²) in [7, 11) is 0. The number of carboxylic acids is 1. The molecule has 1 amide bonds. The van der Waals surface area contributed by atoms with Crippen LogP contribution in [0.5, 0.6) is 5.75 Å². The molecule has 1 aliphatic rings. The van der Waals surface area contributed by atoms with Gasteiger partial charge in [0.05, 0.1) is 12.5 Å². The summed E-state index contributed by atoms with van der Waals surface area (Å²) in [6, 6.07) is 7.03. The average Bonchev–Trinajstić information content (AvgIpc) is 2.97. The summed E-state index contributed by atoms with van der Waals surface area (Å²) in [5.74, 6) is -0.658. The average molecular weight is 293 g/mol. The molecule has 0 radical (unpaired) electrons. The molecule has 114 valence electrons. The molecule has 1 aromatic carbocycles. The van der Waals surface area contributed by atoms with Crippen molar-refractivity contribution < 1.29 is 24.2 Å². The molecule has 1 aliphatic heterocycles. The first-order chi connectivity index (χ1) is 10.1. The number of carboxylic acid groups (broad SMARTS) is 1. The number of amides is 1. The van der Waals surface area contributed by atoms with Gasteiger partial charge in [0.2, 0.25) is 5.91 Å². The van der Waals surface area contributed by atoms with Crippen molar-refractivity contribution in [1.29, 1.82) is 0 Å². The molecule has 0 saturated carbocycles. The summed E-state index contributed by atoms with van der Waals surface area (Å²) in [5.41, 5.74) is 0.593. The van der Waals surface area contributed by atoms with Crippen molar-refractivity contribution >= 4 is 17.6 Å². The molecule has 0 aliphatic carbocycles. The number of anilines is 1. The van der Waals surface area contributed by atoms with E-state index in [0.29, 0.717) is 18.0 Å². The Bertz CT molecular complexity index is 497. The molecule has 2 rings (SSSR count). The molecule has 0 spiro atoms. The number of carbonyl (C=O) groups excluding carboxylic acids is 1. The fraction of sp³-hybridized carbons (Fsp3) is 0.467. The number of hydrogen-bond donors (Lipinski definition) is 2. The minimum atomic E-state index is -0.987. The maximum absolute atomic E-state index is 11.6. The van der Waals surface area contributed by atoms with Gasteiger partial charge in [0.15, 0.2) is 0 Å². The summed E-state index contributed by atoms with van der Waals surface area (Å²) in [4.78, 5) is 22.0. The van der Waals surface area contributed by atoms with E-state index in [1.807, 2.05) is 6.07 Å². The molecular formula is C15H19NO5. The van der Waals surface area contributed by atoms with Crippen molar-refractivity contribution in [3.05, 3.63) is 24.3 Å². The van der Waals surface area contributed by atoms with Crippen molar-refractivity contribution in [1.82, 2.24) is 0 Å². The lowest BCUT2D eigenvalue weighted by Gasteiger charge is -2.12. The third-order valence-corrected chi connectivity index (χ3v) is 3.14. The Labute approximate surface area is 123 Å². The van der Waals surface area contributed by atoms with E-state index in [1.54, 1.807) is 18.2 Å². The molecule has 0 bridgehead atoms. The molecule has 6 heteroatoms. The highest BCUT2D eigenvalue weighted by molar-refractivity contribution is 5.92. The molecular weight excluding hydrogens is 274 g/mol. The summed E-state index contributed by atoms with van der Waals surface area (Å²) < 4.78 is 11.1. The third-order valence-electron chi connectivity index (χ3n) is 3.14. The molecule has 0 unspecified atom stereocenters. The normalized spacial score (nSPS) is 17.4. The Hall–Kier alpha value is -2.08. The van der Waals surface area contributed by atoms with Gasteiger partial charge in [0.25, 0.3) is 0 Å². The number of aliphatic carboxylic acids is 1.